The molecule has 5 nitrogen and oxygen atoms in total. The number of likely N-dealkylation sites (tertiary alicyclic amines) is 1. The van der Waals surface area contributed by atoms with Gasteiger partial charge in [0, 0.05) is 18.1 Å². The predicted octanol–water partition coefficient (Wildman–Crippen LogP) is 2.49. The Bertz CT molecular complexity index is 721. The van der Waals surface area contributed by atoms with E-state index in [1.54, 1.807) is 12.1 Å². The first-order valence-electron chi connectivity index (χ1n) is 8.86. The molecule has 2 fully saturated rings. The Hall–Kier alpha value is -1.11. The molecule has 0 spiro atoms. The minimum atomic E-state index is -3.69. The third-order valence-electron chi connectivity index (χ3n) is 5.35. The van der Waals surface area contributed by atoms with Crippen LogP contribution in [0.1, 0.15) is 32.6 Å². The van der Waals surface area contributed by atoms with Gasteiger partial charge in [-0.05, 0) is 69.0 Å². The van der Waals surface area contributed by atoms with Crippen LogP contribution in [0.25, 0.3) is 0 Å². The number of halogens is 1. The average Bonchev–Trinajstić information content (AvgIpc) is 3.39. The maximum absolute atomic E-state index is 12.9. The standard InChI is InChI=1S/C18H25ClN2O3S/c1-14-6-11-21(12-7-14)13-10-20-17(22)18(8-9-18)25(23,24)16-4-2-15(19)3-5-16/h2-5,14H,6-13H2,1H3,(H,20,22). The van der Waals surface area contributed by atoms with Gasteiger partial charge < -0.3 is 10.2 Å². The fourth-order valence-corrected chi connectivity index (χ4v) is 5.37. The zero-order valence-corrected chi connectivity index (χ0v) is 16.1. The van der Waals surface area contributed by atoms with Crippen molar-refractivity contribution >= 4 is 27.3 Å². The molecule has 1 saturated carbocycles. The number of carbonyl (C=O) groups excluding carboxylic acids is 1. The minimum absolute atomic E-state index is 0.162. The molecule has 2 aliphatic rings. The predicted molar refractivity (Wildman–Crippen MR) is 98.5 cm³/mol. The number of carbonyl (C=O) groups is 1. The zero-order valence-electron chi connectivity index (χ0n) is 14.5. The molecule has 0 aromatic heterocycles. The SMILES string of the molecule is CC1CCN(CCNC(=O)C2(S(=O)(=O)c3ccc(Cl)cc3)CC2)CC1. The second-order valence-corrected chi connectivity index (χ2v) is 9.93. The molecule has 0 unspecified atom stereocenters. The molecule has 0 bridgehead atoms. The largest absolute Gasteiger partial charge is 0.353 e. The summed E-state index contributed by atoms with van der Waals surface area (Å²) in [5, 5.41) is 3.32. The number of amides is 1. The summed E-state index contributed by atoms with van der Waals surface area (Å²) < 4.78 is 24.4. The third kappa shape index (κ3) is 3.86. The molecule has 0 radical (unpaired) electrons. The van der Waals surface area contributed by atoms with Crippen LogP contribution in [-0.2, 0) is 14.6 Å². The van der Waals surface area contributed by atoms with Crippen molar-refractivity contribution < 1.29 is 13.2 Å². The number of nitrogens with zero attached hydrogens (tertiary/aromatic N) is 1. The van der Waals surface area contributed by atoms with Crippen LogP contribution in [-0.4, -0.2) is 50.2 Å². The van der Waals surface area contributed by atoms with Gasteiger partial charge in [0.1, 0.15) is 0 Å². The van der Waals surface area contributed by atoms with E-state index < -0.39 is 14.6 Å². The number of rotatable bonds is 6. The number of piperidine rings is 1. The first-order chi connectivity index (χ1) is 11.8. The van der Waals surface area contributed by atoms with Crippen molar-refractivity contribution in [1.82, 2.24) is 10.2 Å². The van der Waals surface area contributed by atoms with Gasteiger partial charge in [0.25, 0.3) is 0 Å². The minimum Gasteiger partial charge on any atom is -0.353 e. The van der Waals surface area contributed by atoms with Crippen molar-refractivity contribution in [1.29, 1.82) is 0 Å². The molecule has 1 heterocycles. The van der Waals surface area contributed by atoms with Gasteiger partial charge in [0.2, 0.25) is 5.91 Å². The van der Waals surface area contributed by atoms with Crippen LogP contribution < -0.4 is 5.32 Å². The highest BCUT2D eigenvalue weighted by Crippen LogP contribution is 2.47. The Morgan fingerprint density at radius 2 is 1.84 bits per heavy atom. The molecular weight excluding hydrogens is 360 g/mol. The van der Waals surface area contributed by atoms with E-state index >= 15 is 0 Å². The summed E-state index contributed by atoms with van der Waals surface area (Å²) in [6.45, 7) is 5.62. The molecule has 1 N–H and O–H groups in total. The van der Waals surface area contributed by atoms with E-state index in [0.29, 0.717) is 24.4 Å². The molecule has 7 heteroatoms. The van der Waals surface area contributed by atoms with Crippen LogP contribution in [0, 0.1) is 5.92 Å². The van der Waals surface area contributed by atoms with Crippen LogP contribution >= 0.6 is 11.6 Å². The molecule has 1 aliphatic heterocycles. The molecule has 138 valence electrons. The van der Waals surface area contributed by atoms with E-state index in [9.17, 15) is 13.2 Å². The molecule has 1 aromatic rings. The van der Waals surface area contributed by atoms with E-state index in [1.807, 2.05) is 0 Å². The lowest BCUT2D eigenvalue weighted by Gasteiger charge is -2.30. The molecular formula is C18H25ClN2O3S. The Morgan fingerprint density at radius 3 is 2.40 bits per heavy atom. The van der Waals surface area contributed by atoms with Crippen molar-refractivity contribution in [3.63, 3.8) is 0 Å². The second kappa shape index (κ2) is 7.25. The van der Waals surface area contributed by atoms with Gasteiger partial charge in [0.05, 0.1) is 4.90 Å². The van der Waals surface area contributed by atoms with Crippen molar-refractivity contribution in [3.05, 3.63) is 29.3 Å². The Morgan fingerprint density at radius 1 is 1.24 bits per heavy atom. The Balaban J connectivity index is 1.58. The van der Waals surface area contributed by atoms with Crippen LogP contribution in [0.15, 0.2) is 29.2 Å². The maximum atomic E-state index is 12.9. The number of benzene rings is 1. The zero-order chi connectivity index (χ0) is 18.1. The van der Waals surface area contributed by atoms with E-state index in [-0.39, 0.29) is 10.8 Å². The highest BCUT2D eigenvalue weighted by atomic mass is 35.5. The van der Waals surface area contributed by atoms with E-state index in [4.69, 9.17) is 11.6 Å². The summed E-state index contributed by atoms with van der Waals surface area (Å²) in [6, 6.07) is 6.03. The third-order valence-corrected chi connectivity index (χ3v) is 8.11. The lowest BCUT2D eigenvalue weighted by atomic mass is 9.99. The maximum Gasteiger partial charge on any atom is 0.241 e. The fourth-order valence-electron chi connectivity index (χ4n) is 3.34. The quantitative estimate of drug-likeness (QED) is 0.818. The van der Waals surface area contributed by atoms with Crippen molar-refractivity contribution in [2.75, 3.05) is 26.2 Å². The van der Waals surface area contributed by atoms with Crippen molar-refractivity contribution in [2.45, 2.75) is 42.2 Å². The average molecular weight is 385 g/mol. The molecule has 1 amide bonds. The van der Waals surface area contributed by atoms with Gasteiger partial charge in [-0.25, -0.2) is 8.42 Å². The highest BCUT2D eigenvalue weighted by Gasteiger charge is 2.61. The second-order valence-electron chi connectivity index (χ2n) is 7.23. The fraction of sp³-hybridized carbons (Fsp3) is 0.611. The molecule has 25 heavy (non-hydrogen) atoms. The summed E-state index contributed by atoms with van der Waals surface area (Å²) in [4.78, 5) is 15.1. The lowest BCUT2D eigenvalue weighted by Crippen LogP contribution is -2.45. The molecule has 0 atom stereocenters. The van der Waals surface area contributed by atoms with Crippen LogP contribution in [0.4, 0.5) is 0 Å². The lowest BCUT2D eigenvalue weighted by molar-refractivity contribution is -0.121. The van der Waals surface area contributed by atoms with Crippen molar-refractivity contribution in [3.8, 4) is 0 Å². The van der Waals surface area contributed by atoms with E-state index in [1.165, 1.54) is 25.0 Å². The summed E-state index contributed by atoms with van der Waals surface area (Å²) in [5.41, 5.74) is 0. The van der Waals surface area contributed by atoms with Gasteiger partial charge in [0.15, 0.2) is 14.6 Å². The summed E-state index contributed by atoms with van der Waals surface area (Å²) in [6.07, 6.45) is 3.13. The smallest absolute Gasteiger partial charge is 0.241 e. The number of hydrogen-bond acceptors (Lipinski definition) is 4. The number of hydrogen-bond donors (Lipinski definition) is 1. The molecule has 1 saturated heterocycles. The number of sulfone groups is 1. The van der Waals surface area contributed by atoms with Crippen LogP contribution in [0.2, 0.25) is 5.02 Å². The molecule has 1 aliphatic carbocycles. The molecule has 1 aromatic carbocycles. The van der Waals surface area contributed by atoms with Crippen LogP contribution in [0.3, 0.4) is 0 Å². The first kappa shape index (κ1) is 18.7. The summed E-state index contributed by atoms with van der Waals surface area (Å²) in [5.74, 6) is 0.401. The highest BCUT2D eigenvalue weighted by molar-refractivity contribution is 7.94. The topological polar surface area (TPSA) is 66.5 Å². The van der Waals surface area contributed by atoms with Crippen molar-refractivity contribution in [2.24, 2.45) is 5.92 Å². The van der Waals surface area contributed by atoms with Gasteiger partial charge >= 0.3 is 0 Å². The molecule has 3 rings (SSSR count). The monoisotopic (exact) mass is 384 g/mol. The normalized spacial score (nSPS) is 21.0. The Kier molecular flexibility index (Phi) is 5.42. The van der Waals surface area contributed by atoms with Gasteiger partial charge in [-0.2, -0.15) is 0 Å². The van der Waals surface area contributed by atoms with Crippen LogP contribution in [0.5, 0.6) is 0 Å². The summed E-state index contributed by atoms with van der Waals surface area (Å²) in [7, 11) is -3.69. The summed E-state index contributed by atoms with van der Waals surface area (Å²) >= 11 is 5.83. The van der Waals surface area contributed by atoms with E-state index in [2.05, 4.69) is 17.1 Å². The van der Waals surface area contributed by atoms with E-state index in [0.717, 1.165) is 25.6 Å². The number of nitrogens with one attached hydrogen (secondary N) is 1. The Labute approximate surface area is 154 Å². The van der Waals surface area contributed by atoms with Gasteiger partial charge in [-0.1, -0.05) is 18.5 Å². The van der Waals surface area contributed by atoms with Gasteiger partial charge in [-0.3, -0.25) is 4.79 Å². The first-order valence-corrected chi connectivity index (χ1v) is 10.7. The van der Waals surface area contributed by atoms with Gasteiger partial charge in [-0.15, -0.1) is 0 Å².